The zero-order valence-corrected chi connectivity index (χ0v) is 15.7. The summed E-state index contributed by atoms with van der Waals surface area (Å²) in [6, 6.07) is 5.04. The molecule has 3 rings (SSSR count). The van der Waals surface area contributed by atoms with Crippen LogP contribution in [0.3, 0.4) is 0 Å². The predicted molar refractivity (Wildman–Crippen MR) is 103 cm³/mol. The Morgan fingerprint density at radius 2 is 2.19 bits per heavy atom. The number of H-pyrrole nitrogens is 1. The molecule has 1 fully saturated rings. The molecular weight excluding hydrogens is 350 g/mol. The van der Waals surface area contributed by atoms with Crippen LogP contribution in [0, 0.1) is 27.7 Å². The van der Waals surface area contributed by atoms with E-state index in [1.54, 1.807) is 29.9 Å². The van der Waals surface area contributed by atoms with E-state index in [0.29, 0.717) is 15.9 Å². The largest absolute Gasteiger partial charge is 0.272 e. The van der Waals surface area contributed by atoms with E-state index in [4.69, 9.17) is 12.2 Å². The van der Waals surface area contributed by atoms with Crippen LogP contribution in [-0.4, -0.2) is 26.0 Å². The van der Waals surface area contributed by atoms with E-state index < -0.39 is 0 Å². The van der Waals surface area contributed by atoms with Crippen LogP contribution in [0.25, 0.3) is 0 Å². The Bertz CT molecular complexity index is 865. The number of aromatic amines is 1. The fourth-order valence-electron chi connectivity index (χ4n) is 3.44. The number of nitrogens with zero attached hydrogens (tertiary/aromatic N) is 4. The minimum absolute atomic E-state index is 0.0854. The minimum atomic E-state index is -0.383. The van der Waals surface area contributed by atoms with Crippen LogP contribution in [-0.2, 0) is 6.42 Å². The number of aryl methyl sites for hydroxylation is 2. The van der Waals surface area contributed by atoms with Crippen LogP contribution >= 0.6 is 12.2 Å². The van der Waals surface area contributed by atoms with Gasteiger partial charge < -0.3 is 0 Å². The molecule has 0 unspecified atom stereocenters. The number of nitrogens with one attached hydrogen (secondary N) is 1. The molecule has 0 radical (unpaired) electrons. The van der Waals surface area contributed by atoms with Crippen LogP contribution in [0.15, 0.2) is 23.3 Å². The van der Waals surface area contributed by atoms with Crippen LogP contribution in [0.4, 0.5) is 5.69 Å². The first-order valence-corrected chi connectivity index (χ1v) is 9.41. The van der Waals surface area contributed by atoms with E-state index in [-0.39, 0.29) is 10.6 Å². The first-order chi connectivity index (χ1) is 12.5. The summed E-state index contributed by atoms with van der Waals surface area (Å²) < 4.78 is 2.05. The van der Waals surface area contributed by atoms with Gasteiger partial charge in [-0.3, -0.25) is 15.2 Å². The summed E-state index contributed by atoms with van der Waals surface area (Å²) in [4.78, 5) is 10.7. The molecule has 0 aliphatic heterocycles. The van der Waals surface area contributed by atoms with Crippen molar-refractivity contribution in [2.45, 2.75) is 51.9 Å². The van der Waals surface area contributed by atoms with Gasteiger partial charge in [-0.1, -0.05) is 44.2 Å². The lowest BCUT2D eigenvalue weighted by atomic mass is 9.86. The van der Waals surface area contributed by atoms with Gasteiger partial charge in [0.05, 0.1) is 11.1 Å². The van der Waals surface area contributed by atoms with Gasteiger partial charge in [-0.05, 0) is 31.5 Å². The Morgan fingerprint density at radius 1 is 1.42 bits per heavy atom. The summed E-state index contributed by atoms with van der Waals surface area (Å²) in [6.07, 6.45) is 10.1. The first-order valence-electron chi connectivity index (χ1n) is 9.00. The van der Waals surface area contributed by atoms with E-state index in [2.05, 4.69) is 15.3 Å². The SMILES string of the molecule is Cc1ccc(/C=N\n2c(CCC3CCCCC3)n[nH]c2=S)cc1[N+](=O)[O-]. The Balaban J connectivity index is 1.74. The highest BCUT2D eigenvalue weighted by atomic mass is 32.1. The van der Waals surface area contributed by atoms with Gasteiger partial charge in [0.25, 0.3) is 5.69 Å². The standard InChI is InChI=1S/C18H23N5O2S/c1-13-7-8-15(11-16(13)23(24)25)12-19-22-17(20-21-18(22)26)10-9-14-5-3-2-4-6-14/h7-8,11-12,14H,2-6,9-10H2,1H3,(H,21,26)/b19-12-. The van der Waals surface area contributed by atoms with E-state index in [1.165, 1.54) is 38.2 Å². The van der Waals surface area contributed by atoms with Gasteiger partial charge in [0.15, 0.2) is 5.82 Å². The van der Waals surface area contributed by atoms with Gasteiger partial charge in [-0.2, -0.15) is 14.9 Å². The molecule has 0 saturated heterocycles. The Hall–Kier alpha value is -2.35. The molecule has 1 aromatic heterocycles. The minimum Gasteiger partial charge on any atom is -0.258 e. The van der Waals surface area contributed by atoms with Crippen molar-refractivity contribution in [3.8, 4) is 0 Å². The number of aromatic nitrogens is 3. The third kappa shape index (κ3) is 4.43. The van der Waals surface area contributed by atoms with Gasteiger partial charge in [0.2, 0.25) is 4.77 Å². The summed E-state index contributed by atoms with van der Waals surface area (Å²) >= 11 is 5.27. The summed E-state index contributed by atoms with van der Waals surface area (Å²) in [5, 5.41) is 22.6. The molecule has 0 amide bonds. The number of nitro benzene ring substituents is 1. The highest BCUT2D eigenvalue weighted by Gasteiger charge is 2.15. The van der Waals surface area contributed by atoms with Crippen molar-refractivity contribution in [1.82, 2.24) is 14.9 Å². The molecule has 26 heavy (non-hydrogen) atoms. The van der Waals surface area contributed by atoms with Crippen molar-refractivity contribution in [3.05, 3.63) is 50.0 Å². The van der Waals surface area contributed by atoms with Crippen molar-refractivity contribution in [3.63, 3.8) is 0 Å². The highest BCUT2D eigenvalue weighted by Crippen LogP contribution is 2.27. The zero-order chi connectivity index (χ0) is 18.5. The van der Waals surface area contributed by atoms with Gasteiger partial charge in [-0.25, -0.2) is 0 Å². The molecule has 0 atom stereocenters. The van der Waals surface area contributed by atoms with E-state index >= 15 is 0 Å². The fraction of sp³-hybridized carbons (Fsp3) is 0.500. The van der Waals surface area contributed by atoms with Gasteiger partial charge in [0, 0.05) is 23.6 Å². The lowest BCUT2D eigenvalue weighted by Gasteiger charge is -2.20. The second-order valence-electron chi connectivity index (χ2n) is 6.85. The summed E-state index contributed by atoms with van der Waals surface area (Å²) in [5.41, 5.74) is 1.37. The van der Waals surface area contributed by atoms with Gasteiger partial charge in [-0.15, -0.1) is 0 Å². The maximum atomic E-state index is 11.1. The van der Waals surface area contributed by atoms with Crippen molar-refractivity contribution in [2.75, 3.05) is 0 Å². The van der Waals surface area contributed by atoms with E-state index in [1.807, 2.05) is 0 Å². The Kier molecular flexibility index (Phi) is 5.92. The normalized spacial score (nSPS) is 15.6. The average Bonchev–Trinajstić information content (AvgIpc) is 2.99. The highest BCUT2D eigenvalue weighted by molar-refractivity contribution is 7.71. The van der Waals surface area contributed by atoms with Crippen molar-refractivity contribution < 1.29 is 4.92 Å². The molecule has 0 spiro atoms. The molecule has 1 heterocycles. The van der Waals surface area contributed by atoms with Gasteiger partial charge in [0.1, 0.15) is 0 Å². The average molecular weight is 373 g/mol. The number of hydrogen-bond acceptors (Lipinski definition) is 5. The number of benzene rings is 1. The molecule has 138 valence electrons. The Morgan fingerprint density at radius 3 is 2.92 bits per heavy atom. The zero-order valence-electron chi connectivity index (χ0n) is 14.9. The smallest absolute Gasteiger partial charge is 0.258 e. The molecule has 1 N–H and O–H groups in total. The number of rotatable bonds is 6. The summed E-state index contributed by atoms with van der Waals surface area (Å²) in [6.45, 7) is 1.72. The summed E-state index contributed by atoms with van der Waals surface area (Å²) in [7, 11) is 0. The van der Waals surface area contributed by atoms with Crippen LogP contribution in [0.5, 0.6) is 0 Å². The lowest BCUT2D eigenvalue weighted by molar-refractivity contribution is -0.385. The van der Waals surface area contributed by atoms with Crippen molar-refractivity contribution in [1.29, 1.82) is 0 Å². The Labute approximate surface area is 157 Å². The number of nitro groups is 1. The van der Waals surface area contributed by atoms with Crippen LogP contribution in [0.2, 0.25) is 0 Å². The molecule has 7 nitrogen and oxygen atoms in total. The molecule has 1 aliphatic carbocycles. The van der Waals surface area contributed by atoms with E-state index in [0.717, 1.165) is 24.6 Å². The second-order valence-corrected chi connectivity index (χ2v) is 7.23. The van der Waals surface area contributed by atoms with Crippen molar-refractivity contribution >= 4 is 24.1 Å². The molecule has 1 aromatic carbocycles. The maximum absolute atomic E-state index is 11.1. The predicted octanol–water partition coefficient (Wildman–Crippen LogP) is 4.55. The van der Waals surface area contributed by atoms with E-state index in [9.17, 15) is 10.1 Å². The third-order valence-electron chi connectivity index (χ3n) is 4.97. The number of hydrogen-bond donors (Lipinski definition) is 1. The van der Waals surface area contributed by atoms with Crippen LogP contribution in [0.1, 0.15) is 55.5 Å². The third-order valence-corrected chi connectivity index (χ3v) is 5.23. The quantitative estimate of drug-likeness (QED) is 0.348. The van der Waals surface area contributed by atoms with Gasteiger partial charge >= 0.3 is 0 Å². The second kappa shape index (κ2) is 8.35. The summed E-state index contributed by atoms with van der Waals surface area (Å²) in [5.74, 6) is 1.56. The first kappa shape index (κ1) is 18.4. The van der Waals surface area contributed by atoms with Crippen LogP contribution < -0.4 is 0 Å². The molecular formula is C18H23N5O2S. The molecule has 8 heteroatoms. The topological polar surface area (TPSA) is 89.1 Å². The van der Waals surface area contributed by atoms with Crippen molar-refractivity contribution in [2.24, 2.45) is 11.0 Å². The molecule has 1 saturated carbocycles. The molecule has 2 aromatic rings. The fourth-order valence-corrected chi connectivity index (χ4v) is 3.64. The monoisotopic (exact) mass is 373 g/mol. The maximum Gasteiger partial charge on any atom is 0.272 e. The molecule has 0 bridgehead atoms. The molecule has 1 aliphatic rings. The lowest BCUT2D eigenvalue weighted by Crippen LogP contribution is -2.09.